The summed E-state index contributed by atoms with van der Waals surface area (Å²) in [5, 5.41) is 2.53. The van der Waals surface area contributed by atoms with Gasteiger partial charge in [0.05, 0.1) is 0 Å². The molecule has 1 aromatic carbocycles. The van der Waals surface area contributed by atoms with E-state index in [9.17, 15) is 19.2 Å². The van der Waals surface area contributed by atoms with E-state index in [1.807, 2.05) is 6.07 Å². The van der Waals surface area contributed by atoms with Crippen LogP contribution >= 0.6 is 0 Å². The summed E-state index contributed by atoms with van der Waals surface area (Å²) >= 11 is 0. The number of nitrogens with two attached hydrogens (primary N) is 1. The van der Waals surface area contributed by atoms with Gasteiger partial charge in [-0.15, -0.1) is 0 Å². The second-order valence-corrected chi connectivity index (χ2v) is 5.07. The highest BCUT2D eigenvalue weighted by atomic mass is 16.6. The molecule has 0 aromatic heterocycles. The maximum absolute atomic E-state index is 12.2. The molecule has 4 amide bonds. The Labute approximate surface area is 138 Å². The first-order valence-corrected chi connectivity index (χ1v) is 7.28. The summed E-state index contributed by atoms with van der Waals surface area (Å²) in [6, 6.07) is 9.00. The van der Waals surface area contributed by atoms with E-state index in [1.165, 1.54) is 12.2 Å². The second kappa shape index (κ2) is 7.91. The van der Waals surface area contributed by atoms with Gasteiger partial charge in [-0.2, -0.15) is 0 Å². The fourth-order valence-electron chi connectivity index (χ4n) is 2.21. The SMILES string of the molecule is NC(=O)O[C@@H](Cc1ccccc1)C(=O)NCCN1C(=O)C=CC1=O. The van der Waals surface area contributed by atoms with Gasteiger partial charge in [0.2, 0.25) is 0 Å². The van der Waals surface area contributed by atoms with Crippen LogP contribution in [0.3, 0.4) is 0 Å². The summed E-state index contributed by atoms with van der Waals surface area (Å²) in [5.41, 5.74) is 5.80. The molecule has 0 bridgehead atoms. The van der Waals surface area contributed by atoms with Gasteiger partial charge in [0.25, 0.3) is 17.7 Å². The number of nitrogens with one attached hydrogen (secondary N) is 1. The van der Waals surface area contributed by atoms with Gasteiger partial charge in [0.15, 0.2) is 6.10 Å². The molecular formula is C16H17N3O5. The third-order valence-electron chi connectivity index (χ3n) is 3.35. The van der Waals surface area contributed by atoms with Crippen molar-refractivity contribution in [1.29, 1.82) is 0 Å². The van der Waals surface area contributed by atoms with E-state index >= 15 is 0 Å². The van der Waals surface area contributed by atoms with Crippen LogP contribution in [-0.2, 0) is 25.5 Å². The molecule has 0 saturated carbocycles. The molecule has 3 N–H and O–H groups in total. The predicted molar refractivity (Wildman–Crippen MR) is 83.5 cm³/mol. The third-order valence-corrected chi connectivity index (χ3v) is 3.35. The number of nitrogens with zero attached hydrogens (tertiary/aromatic N) is 1. The molecule has 8 heteroatoms. The number of imide groups is 1. The first-order chi connectivity index (χ1) is 11.5. The quantitative estimate of drug-likeness (QED) is 0.667. The Kier molecular flexibility index (Phi) is 5.67. The molecule has 1 atom stereocenters. The van der Waals surface area contributed by atoms with E-state index in [1.54, 1.807) is 24.3 Å². The smallest absolute Gasteiger partial charge is 0.405 e. The largest absolute Gasteiger partial charge is 0.436 e. The molecule has 1 aliphatic heterocycles. The number of benzene rings is 1. The Morgan fingerprint density at radius 1 is 1.12 bits per heavy atom. The normalized spacial score (nSPS) is 14.6. The van der Waals surface area contributed by atoms with Gasteiger partial charge in [-0.25, -0.2) is 4.79 Å². The number of hydrogen-bond donors (Lipinski definition) is 2. The summed E-state index contributed by atoms with van der Waals surface area (Å²) in [6.07, 6.45) is 0.351. The minimum absolute atomic E-state index is 0.0328. The zero-order valence-electron chi connectivity index (χ0n) is 12.8. The van der Waals surface area contributed by atoms with Crippen LogP contribution < -0.4 is 11.1 Å². The topological polar surface area (TPSA) is 119 Å². The van der Waals surface area contributed by atoms with Gasteiger partial charge in [-0.05, 0) is 5.56 Å². The van der Waals surface area contributed by atoms with Crippen molar-refractivity contribution >= 4 is 23.8 Å². The number of primary amides is 1. The Morgan fingerprint density at radius 3 is 2.33 bits per heavy atom. The first-order valence-electron chi connectivity index (χ1n) is 7.28. The lowest BCUT2D eigenvalue weighted by Crippen LogP contribution is -2.44. The van der Waals surface area contributed by atoms with Crippen molar-refractivity contribution in [3.8, 4) is 0 Å². The summed E-state index contributed by atoms with van der Waals surface area (Å²) in [7, 11) is 0. The molecule has 0 aliphatic carbocycles. The molecule has 1 heterocycles. The molecule has 24 heavy (non-hydrogen) atoms. The van der Waals surface area contributed by atoms with Gasteiger partial charge >= 0.3 is 6.09 Å². The van der Waals surface area contributed by atoms with Crippen LogP contribution in [0.5, 0.6) is 0 Å². The summed E-state index contributed by atoms with van der Waals surface area (Å²) < 4.78 is 4.85. The lowest BCUT2D eigenvalue weighted by Gasteiger charge is -2.18. The van der Waals surface area contributed by atoms with Crippen molar-refractivity contribution in [1.82, 2.24) is 10.2 Å². The van der Waals surface area contributed by atoms with E-state index < -0.39 is 29.9 Å². The zero-order valence-corrected chi connectivity index (χ0v) is 12.8. The highest BCUT2D eigenvalue weighted by molar-refractivity contribution is 6.12. The van der Waals surface area contributed by atoms with Crippen LogP contribution in [0.4, 0.5) is 4.79 Å². The van der Waals surface area contributed by atoms with Gasteiger partial charge in [0.1, 0.15) is 0 Å². The number of carbonyl (C=O) groups excluding carboxylic acids is 4. The van der Waals surface area contributed by atoms with Gasteiger partial charge in [-0.1, -0.05) is 30.3 Å². The van der Waals surface area contributed by atoms with Crippen LogP contribution in [-0.4, -0.2) is 47.9 Å². The van der Waals surface area contributed by atoms with Crippen LogP contribution in [0.25, 0.3) is 0 Å². The molecule has 2 rings (SSSR count). The highest BCUT2D eigenvalue weighted by Gasteiger charge is 2.25. The number of amides is 4. The van der Waals surface area contributed by atoms with E-state index in [0.717, 1.165) is 10.5 Å². The molecule has 1 aliphatic rings. The number of carbonyl (C=O) groups is 4. The fraction of sp³-hybridized carbons (Fsp3) is 0.250. The van der Waals surface area contributed by atoms with Crippen molar-refractivity contribution in [2.45, 2.75) is 12.5 Å². The van der Waals surface area contributed by atoms with Crippen molar-refractivity contribution in [2.24, 2.45) is 5.73 Å². The van der Waals surface area contributed by atoms with E-state index in [-0.39, 0.29) is 19.5 Å². The monoisotopic (exact) mass is 331 g/mol. The summed E-state index contributed by atoms with van der Waals surface area (Å²) in [6.45, 7) is 0.0798. The molecular weight excluding hydrogens is 314 g/mol. The molecule has 8 nitrogen and oxygen atoms in total. The molecule has 0 saturated heterocycles. The minimum atomic E-state index is -1.09. The van der Waals surface area contributed by atoms with Gasteiger partial charge < -0.3 is 15.8 Å². The lowest BCUT2D eigenvalue weighted by molar-refractivity contribution is -0.137. The second-order valence-electron chi connectivity index (χ2n) is 5.07. The van der Waals surface area contributed by atoms with Crippen LogP contribution in [0.15, 0.2) is 42.5 Å². The number of rotatable bonds is 7. The van der Waals surface area contributed by atoms with Gasteiger partial charge in [0, 0.05) is 31.7 Å². The Morgan fingerprint density at radius 2 is 1.75 bits per heavy atom. The lowest BCUT2D eigenvalue weighted by atomic mass is 10.1. The first kappa shape index (κ1) is 17.2. The average Bonchev–Trinajstić information content (AvgIpc) is 2.86. The van der Waals surface area contributed by atoms with E-state index in [4.69, 9.17) is 10.5 Å². The van der Waals surface area contributed by atoms with Crippen molar-refractivity contribution in [2.75, 3.05) is 13.1 Å². The maximum Gasteiger partial charge on any atom is 0.405 e. The van der Waals surface area contributed by atoms with Gasteiger partial charge in [-0.3, -0.25) is 19.3 Å². The third kappa shape index (κ3) is 4.67. The molecule has 126 valence electrons. The molecule has 0 radical (unpaired) electrons. The Balaban J connectivity index is 1.89. The highest BCUT2D eigenvalue weighted by Crippen LogP contribution is 2.07. The minimum Gasteiger partial charge on any atom is -0.436 e. The zero-order chi connectivity index (χ0) is 17.5. The summed E-state index contributed by atoms with van der Waals surface area (Å²) in [5.74, 6) is -1.41. The average molecular weight is 331 g/mol. The van der Waals surface area contributed by atoms with Crippen LogP contribution in [0, 0.1) is 0 Å². The fourth-order valence-corrected chi connectivity index (χ4v) is 2.21. The molecule has 0 spiro atoms. The van der Waals surface area contributed by atoms with E-state index in [0.29, 0.717) is 0 Å². The van der Waals surface area contributed by atoms with Crippen molar-refractivity contribution in [3.63, 3.8) is 0 Å². The molecule has 0 fully saturated rings. The van der Waals surface area contributed by atoms with Crippen molar-refractivity contribution < 1.29 is 23.9 Å². The van der Waals surface area contributed by atoms with Crippen LogP contribution in [0.2, 0.25) is 0 Å². The summed E-state index contributed by atoms with van der Waals surface area (Å²) in [4.78, 5) is 47.0. The number of hydrogen-bond acceptors (Lipinski definition) is 5. The standard InChI is InChI=1S/C16H17N3O5/c17-16(23)24-12(10-11-4-2-1-3-5-11)15(22)18-8-9-19-13(20)6-7-14(19)21/h1-7,12H,8-10H2,(H2,17,23)(H,18,22)/t12-/m0/s1. The predicted octanol–water partition coefficient (Wildman–Crippen LogP) is -0.266. The molecule has 0 unspecified atom stereocenters. The van der Waals surface area contributed by atoms with Crippen molar-refractivity contribution in [3.05, 3.63) is 48.0 Å². The number of ether oxygens (including phenoxy) is 1. The Hall–Kier alpha value is -3.16. The maximum atomic E-state index is 12.2. The molecule has 1 aromatic rings. The van der Waals surface area contributed by atoms with E-state index in [2.05, 4.69) is 5.32 Å². The van der Waals surface area contributed by atoms with Crippen LogP contribution in [0.1, 0.15) is 5.56 Å². The Bertz CT molecular complexity index is 654.